The molecule has 0 N–H and O–H groups in total. The van der Waals surface area contributed by atoms with Crippen molar-refractivity contribution in [2.75, 3.05) is 0 Å². The molecule has 0 aliphatic heterocycles. The first-order valence-corrected chi connectivity index (χ1v) is 9.48. The van der Waals surface area contributed by atoms with Gasteiger partial charge in [-0.25, -0.2) is 15.0 Å². The molecular formula is C24H29N3. The van der Waals surface area contributed by atoms with Crippen LogP contribution in [0.5, 0.6) is 0 Å². The molecule has 1 heterocycles. The van der Waals surface area contributed by atoms with E-state index in [0.717, 1.165) is 28.6 Å². The van der Waals surface area contributed by atoms with Crippen LogP contribution >= 0.6 is 0 Å². The van der Waals surface area contributed by atoms with Crippen LogP contribution < -0.4 is 0 Å². The Bertz CT molecular complexity index is 850. The smallest absolute Gasteiger partial charge is 0.163 e. The molecule has 0 fully saturated rings. The molecule has 0 atom stereocenters. The summed E-state index contributed by atoms with van der Waals surface area (Å²) in [5.41, 5.74) is 4.90. The average Bonchev–Trinajstić information content (AvgIpc) is 2.60. The molecule has 27 heavy (non-hydrogen) atoms. The van der Waals surface area contributed by atoms with Crippen molar-refractivity contribution in [2.45, 2.75) is 59.3 Å². The van der Waals surface area contributed by atoms with Crippen molar-refractivity contribution in [1.29, 1.82) is 0 Å². The summed E-state index contributed by atoms with van der Waals surface area (Å²) in [4.78, 5) is 13.8. The summed E-state index contributed by atoms with van der Waals surface area (Å²) < 4.78 is 0. The third kappa shape index (κ3) is 4.41. The summed E-state index contributed by atoms with van der Waals surface area (Å²) in [6.45, 7) is 15.2. The van der Waals surface area contributed by atoms with E-state index in [1.165, 1.54) is 11.1 Å². The van der Waals surface area contributed by atoms with E-state index in [1.807, 2.05) is 6.92 Å². The van der Waals surface area contributed by atoms with Crippen molar-refractivity contribution in [3.05, 3.63) is 65.5 Å². The first-order chi connectivity index (χ1) is 12.5. The highest BCUT2D eigenvalue weighted by Crippen LogP contribution is 2.27. The van der Waals surface area contributed by atoms with Gasteiger partial charge in [-0.1, -0.05) is 90.1 Å². The fourth-order valence-corrected chi connectivity index (χ4v) is 2.98. The van der Waals surface area contributed by atoms with Crippen LogP contribution in [0.4, 0.5) is 0 Å². The van der Waals surface area contributed by atoms with Crippen LogP contribution in [0.15, 0.2) is 48.5 Å². The maximum Gasteiger partial charge on any atom is 0.163 e. The molecular weight excluding hydrogens is 330 g/mol. The third-order valence-electron chi connectivity index (χ3n) is 4.77. The van der Waals surface area contributed by atoms with Crippen LogP contribution in [0.3, 0.4) is 0 Å². The molecule has 0 unspecified atom stereocenters. The van der Waals surface area contributed by atoms with E-state index in [1.54, 1.807) is 0 Å². The number of hydrogen-bond donors (Lipinski definition) is 0. The first kappa shape index (κ1) is 19.2. The molecule has 0 bridgehead atoms. The van der Waals surface area contributed by atoms with Crippen molar-refractivity contribution in [3.8, 4) is 22.8 Å². The average molecular weight is 360 g/mol. The van der Waals surface area contributed by atoms with Crippen LogP contribution in [0.2, 0.25) is 0 Å². The lowest BCUT2D eigenvalue weighted by atomic mass is 9.86. The van der Waals surface area contributed by atoms with Crippen molar-refractivity contribution < 1.29 is 0 Å². The van der Waals surface area contributed by atoms with E-state index in [-0.39, 0.29) is 10.8 Å². The Morgan fingerprint density at radius 2 is 0.852 bits per heavy atom. The van der Waals surface area contributed by atoms with Gasteiger partial charge in [0.25, 0.3) is 0 Å². The van der Waals surface area contributed by atoms with Crippen LogP contribution in [0.1, 0.15) is 58.5 Å². The Kier molecular flexibility index (Phi) is 4.90. The fraction of sp³-hybridized carbons (Fsp3) is 0.375. The van der Waals surface area contributed by atoms with E-state index in [2.05, 4.69) is 100 Å². The second-order valence-corrected chi connectivity index (χ2v) is 9.18. The molecule has 0 radical (unpaired) electrons. The predicted octanol–water partition coefficient (Wildman–Crippen LogP) is 6.11. The van der Waals surface area contributed by atoms with Crippen molar-refractivity contribution in [3.63, 3.8) is 0 Å². The quantitative estimate of drug-likeness (QED) is 0.554. The van der Waals surface area contributed by atoms with Crippen molar-refractivity contribution >= 4 is 0 Å². The molecule has 0 saturated carbocycles. The van der Waals surface area contributed by atoms with Crippen LogP contribution in [-0.2, 0) is 10.8 Å². The Morgan fingerprint density at radius 1 is 0.519 bits per heavy atom. The second-order valence-electron chi connectivity index (χ2n) is 9.18. The molecule has 0 amide bonds. The minimum absolute atomic E-state index is 0.132. The van der Waals surface area contributed by atoms with Crippen LogP contribution in [-0.4, -0.2) is 15.0 Å². The SMILES string of the molecule is Cc1nc(-c2ccc(C(C)(C)C)cc2)nc(-c2ccc(C(C)(C)C)cc2)n1. The number of aryl methyl sites for hydroxylation is 1. The fourth-order valence-electron chi connectivity index (χ4n) is 2.98. The molecule has 140 valence electrons. The molecule has 0 saturated heterocycles. The van der Waals surface area contributed by atoms with Crippen LogP contribution in [0.25, 0.3) is 22.8 Å². The van der Waals surface area contributed by atoms with Gasteiger partial charge in [0.2, 0.25) is 0 Å². The van der Waals surface area contributed by atoms with Gasteiger partial charge in [0.1, 0.15) is 5.82 Å². The van der Waals surface area contributed by atoms with Gasteiger partial charge in [-0.2, -0.15) is 0 Å². The van der Waals surface area contributed by atoms with E-state index in [9.17, 15) is 0 Å². The highest BCUT2D eigenvalue weighted by Gasteiger charge is 2.16. The Balaban J connectivity index is 1.97. The summed E-state index contributed by atoms with van der Waals surface area (Å²) in [6, 6.07) is 17.0. The van der Waals surface area contributed by atoms with Gasteiger partial charge in [-0.15, -0.1) is 0 Å². The number of aromatic nitrogens is 3. The van der Waals surface area contributed by atoms with Gasteiger partial charge in [0.15, 0.2) is 11.6 Å². The van der Waals surface area contributed by atoms with Crippen molar-refractivity contribution in [1.82, 2.24) is 15.0 Å². The molecule has 3 rings (SSSR count). The lowest BCUT2D eigenvalue weighted by Gasteiger charge is -2.19. The summed E-state index contributed by atoms with van der Waals surface area (Å²) >= 11 is 0. The molecule has 0 spiro atoms. The summed E-state index contributed by atoms with van der Waals surface area (Å²) in [6.07, 6.45) is 0. The van der Waals surface area contributed by atoms with E-state index >= 15 is 0 Å². The minimum atomic E-state index is 0.132. The van der Waals surface area contributed by atoms with Gasteiger partial charge in [0, 0.05) is 11.1 Å². The topological polar surface area (TPSA) is 38.7 Å². The summed E-state index contributed by atoms with van der Waals surface area (Å²) in [5.74, 6) is 2.17. The summed E-state index contributed by atoms with van der Waals surface area (Å²) in [5, 5.41) is 0. The maximum absolute atomic E-state index is 4.74. The minimum Gasteiger partial charge on any atom is -0.213 e. The molecule has 1 aromatic heterocycles. The van der Waals surface area contributed by atoms with E-state index < -0.39 is 0 Å². The molecule has 0 aliphatic rings. The van der Waals surface area contributed by atoms with Crippen LogP contribution in [0, 0.1) is 6.92 Å². The second kappa shape index (κ2) is 6.88. The van der Waals surface area contributed by atoms with E-state index in [4.69, 9.17) is 4.98 Å². The zero-order valence-electron chi connectivity index (χ0n) is 17.5. The molecule has 0 aliphatic carbocycles. The first-order valence-electron chi connectivity index (χ1n) is 9.48. The highest BCUT2D eigenvalue weighted by molar-refractivity contribution is 5.61. The Morgan fingerprint density at radius 3 is 1.15 bits per heavy atom. The third-order valence-corrected chi connectivity index (χ3v) is 4.77. The van der Waals surface area contributed by atoms with Gasteiger partial charge >= 0.3 is 0 Å². The molecule has 3 aromatic rings. The highest BCUT2D eigenvalue weighted by atomic mass is 15.0. The number of benzene rings is 2. The lowest BCUT2D eigenvalue weighted by Crippen LogP contribution is -2.10. The number of rotatable bonds is 2. The monoisotopic (exact) mass is 359 g/mol. The maximum atomic E-state index is 4.74. The van der Waals surface area contributed by atoms with Gasteiger partial charge in [-0.05, 0) is 28.9 Å². The summed E-state index contributed by atoms with van der Waals surface area (Å²) in [7, 11) is 0. The van der Waals surface area contributed by atoms with Gasteiger partial charge in [-0.3, -0.25) is 0 Å². The predicted molar refractivity (Wildman–Crippen MR) is 113 cm³/mol. The zero-order valence-corrected chi connectivity index (χ0v) is 17.5. The number of hydrogen-bond acceptors (Lipinski definition) is 3. The molecule has 3 nitrogen and oxygen atoms in total. The Labute approximate surface area is 162 Å². The molecule has 3 heteroatoms. The Hall–Kier alpha value is -2.55. The van der Waals surface area contributed by atoms with Gasteiger partial charge < -0.3 is 0 Å². The largest absolute Gasteiger partial charge is 0.213 e. The lowest BCUT2D eigenvalue weighted by molar-refractivity contribution is 0.590. The van der Waals surface area contributed by atoms with E-state index in [0.29, 0.717) is 0 Å². The van der Waals surface area contributed by atoms with Gasteiger partial charge in [0.05, 0.1) is 0 Å². The normalized spacial score (nSPS) is 12.3. The van der Waals surface area contributed by atoms with Crippen molar-refractivity contribution in [2.24, 2.45) is 0 Å². The zero-order chi connectivity index (χ0) is 19.8. The molecule has 2 aromatic carbocycles. The standard InChI is InChI=1S/C24H29N3/c1-16-25-21(17-8-12-19(13-9-17)23(2,3)4)27-22(26-16)18-10-14-20(15-11-18)24(5,6)7/h8-15H,1-7H3. The number of nitrogens with zero attached hydrogens (tertiary/aromatic N) is 3.